The van der Waals surface area contributed by atoms with Gasteiger partial charge >= 0.3 is 17.6 Å². The van der Waals surface area contributed by atoms with E-state index in [0.717, 1.165) is 23.0 Å². The molecular formula is C25H22N4O3. The summed E-state index contributed by atoms with van der Waals surface area (Å²) in [6.45, 7) is 1.57. The maximum Gasteiger partial charge on any atom is 0.422 e. The first kappa shape index (κ1) is 22.3. The first-order valence-electron chi connectivity index (χ1n) is 10.0. The number of nitrogens with zero attached hydrogens (tertiary/aromatic N) is 4. The third kappa shape index (κ3) is 5.41. The van der Waals surface area contributed by atoms with Crippen LogP contribution in [0.15, 0.2) is 91.0 Å². The first-order valence-corrected chi connectivity index (χ1v) is 10.0. The number of imide groups is 1. The minimum Gasteiger partial charge on any atom is -0.360 e. The number of amides is 3. The molecule has 0 unspecified atom stereocenters. The molecule has 3 aromatic carbocycles. The fourth-order valence-electron chi connectivity index (χ4n) is 3.20. The number of Topliss-reactive ketones (excluding diaryl/α,β-unsaturated/α-hetero) is 1. The Hall–Kier alpha value is -4.35. The van der Waals surface area contributed by atoms with Gasteiger partial charge in [0.2, 0.25) is 5.78 Å². The van der Waals surface area contributed by atoms with Crippen molar-refractivity contribution in [3.05, 3.63) is 108 Å². The van der Waals surface area contributed by atoms with E-state index >= 15 is 0 Å². The van der Waals surface area contributed by atoms with Crippen LogP contribution in [0.2, 0.25) is 0 Å². The van der Waals surface area contributed by atoms with Crippen LogP contribution in [0.4, 0.5) is 10.5 Å². The van der Waals surface area contributed by atoms with E-state index < -0.39 is 23.4 Å². The fraction of sp³-hybridized carbons (Fsp3) is 0.120. The zero-order chi connectivity index (χ0) is 22.9. The van der Waals surface area contributed by atoms with Gasteiger partial charge in [-0.25, -0.2) is 9.69 Å². The van der Waals surface area contributed by atoms with Gasteiger partial charge in [-0.15, -0.1) is 0 Å². The first-order chi connectivity index (χ1) is 15.5. The fourth-order valence-corrected chi connectivity index (χ4v) is 3.20. The number of hydrogen-bond donors (Lipinski definition) is 0. The highest BCUT2D eigenvalue weighted by Gasteiger charge is 2.38. The van der Waals surface area contributed by atoms with Crippen LogP contribution in [-0.4, -0.2) is 33.1 Å². The van der Waals surface area contributed by atoms with Crippen LogP contribution in [0.1, 0.15) is 18.1 Å². The topological polar surface area (TPSA) is 94.1 Å². The van der Waals surface area contributed by atoms with E-state index in [1.54, 1.807) is 30.3 Å². The van der Waals surface area contributed by atoms with E-state index in [4.69, 9.17) is 0 Å². The summed E-state index contributed by atoms with van der Waals surface area (Å²) in [7, 11) is 0. The molecule has 7 heteroatoms. The van der Waals surface area contributed by atoms with E-state index in [-0.39, 0.29) is 18.8 Å². The predicted molar refractivity (Wildman–Crippen MR) is 121 cm³/mol. The van der Waals surface area contributed by atoms with Gasteiger partial charge in [-0.3, -0.25) is 9.59 Å². The molecule has 0 N–H and O–H groups in total. The molecule has 3 rings (SSSR count). The molecule has 0 saturated heterocycles. The van der Waals surface area contributed by atoms with Crippen molar-refractivity contribution in [1.29, 1.82) is 0 Å². The highest BCUT2D eigenvalue weighted by Crippen LogP contribution is 2.20. The lowest BCUT2D eigenvalue weighted by Gasteiger charge is -2.29. The number of carbonyl (C=O) groups excluding carboxylic acids is 3. The third-order valence-corrected chi connectivity index (χ3v) is 4.75. The Bertz CT molecular complexity index is 1100. The van der Waals surface area contributed by atoms with Crippen LogP contribution in [0, 0.1) is 0 Å². The molecule has 0 radical (unpaired) electrons. The summed E-state index contributed by atoms with van der Waals surface area (Å²) in [5, 5.41) is 0. The average molecular weight is 426 g/mol. The summed E-state index contributed by atoms with van der Waals surface area (Å²) in [6, 6.07) is 26.4. The van der Waals surface area contributed by atoms with E-state index in [1.165, 1.54) is 4.90 Å². The smallest absolute Gasteiger partial charge is 0.360 e. The van der Waals surface area contributed by atoms with Gasteiger partial charge in [0.25, 0.3) is 0 Å². The van der Waals surface area contributed by atoms with Crippen molar-refractivity contribution in [1.82, 2.24) is 4.90 Å². The second-order valence-corrected chi connectivity index (χ2v) is 7.09. The quantitative estimate of drug-likeness (QED) is 0.246. The molecule has 3 aromatic rings. The maximum atomic E-state index is 13.7. The van der Waals surface area contributed by atoms with Crippen LogP contribution in [0.25, 0.3) is 5.53 Å². The van der Waals surface area contributed by atoms with Crippen molar-refractivity contribution in [2.75, 3.05) is 4.90 Å². The molecule has 3 amide bonds. The van der Waals surface area contributed by atoms with Crippen molar-refractivity contribution >= 4 is 29.1 Å². The summed E-state index contributed by atoms with van der Waals surface area (Å²) in [6.07, 6.45) is 0. The van der Waals surface area contributed by atoms with Gasteiger partial charge in [-0.2, -0.15) is 4.79 Å². The van der Waals surface area contributed by atoms with E-state index in [2.05, 4.69) is 4.79 Å². The lowest BCUT2D eigenvalue weighted by atomic mass is 10.1. The van der Waals surface area contributed by atoms with Crippen molar-refractivity contribution in [2.45, 2.75) is 20.0 Å². The molecule has 0 aliphatic rings. The molecule has 0 aliphatic carbocycles. The largest absolute Gasteiger partial charge is 0.422 e. The molecule has 0 saturated carbocycles. The molecule has 32 heavy (non-hydrogen) atoms. The van der Waals surface area contributed by atoms with E-state index in [9.17, 15) is 19.9 Å². The van der Waals surface area contributed by atoms with Crippen LogP contribution >= 0.6 is 0 Å². The molecule has 0 bridgehead atoms. The van der Waals surface area contributed by atoms with Crippen LogP contribution in [0.5, 0.6) is 0 Å². The van der Waals surface area contributed by atoms with Gasteiger partial charge in [0, 0.05) is 20.0 Å². The Kier molecular flexibility index (Phi) is 7.41. The molecule has 160 valence electrons. The van der Waals surface area contributed by atoms with Gasteiger partial charge in [0.1, 0.15) is 0 Å². The standard InChI is InChI=1S/C25H22N4O3/c1-19(30)23(27-26)24(31)29(22-15-9-4-10-16-22)25(32)28(17-20-11-5-2-6-12-20)18-21-13-7-3-8-14-21/h2-16H,17-18H2,1H3. The number of rotatable bonds is 7. The molecule has 0 aromatic heterocycles. The van der Waals surface area contributed by atoms with Crippen LogP contribution < -0.4 is 4.90 Å². The minimum atomic E-state index is -0.998. The molecule has 0 atom stereocenters. The Morgan fingerprint density at radius 2 is 1.19 bits per heavy atom. The number of anilines is 1. The molecule has 7 nitrogen and oxygen atoms in total. The van der Waals surface area contributed by atoms with Gasteiger partial charge in [0.15, 0.2) is 0 Å². The highest BCUT2D eigenvalue weighted by molar-refractivity contribution is 6.67. The van der Waals surface area contributed by atoms with Crippen LogP contribution in [0.3, 0.4) is 0 Å². The number of benzene rings is 3. The summed E-state index contributed by atoms with van der Waals surface area (Å²) in [4.78, 5) is 43.9. The normalized spacial score (nSPS) is 10.0. The predicted octanol–water partition coefficient (Wildman–Crippen LogP) is 4.10. The number of hydrogen-bond acceptors (Lipinski definition) is 3. The monoisotopic (exact) mass is 426 g/mol. The molecule has 0 spiro atoms. The van der Waals surface area contributed by atoms with Crippen molar-refractivity contribution < 1.29 is 19.2 Å². The number of para-hydroxylation sites is 1. The SMILES string of the molecule is CC(=O)C(=[N+]=[N-])C(=O)N(C(=O)N(Cc1ccccc1)Cc1ccccc1)c1ccccc1. The number of carbonyl (C=O) groups is 3. The Balaban J connectivity index is 2.04. The van der Waals surface area contributed by atoms with Gasteiger partial charge in [-0.1, -0.05) is 78.9 Å². The number of urea groups is 1. The lowest BCUT2D eigenvalue weighted by molar-refractivity contribution is -0.122. The average Bonchev–Trinajstić information content (AvgIpc) is 2.81. The molecule has 0 fully saturated rings. The summed E-state index contributed by atoms with van der Waals surface area (Å²) >= 11 is 0. The highest BCUT2D eigenvalue weighted by atomic mass is 16.2. The molecular weight excluding hydrogens is 404 g/mol. The van der Waals surface area contributed by atoms with E-state index in [0.29, 0.717) is 0 Å². The lowest BCUT2D eigenvalue weighted by Crippen LogP contribution is -2.50. The maximum absolute atomic E-state index is 13.7. The molecule has 0 heterocycles. The minimum absolute atomic E-state index is 0.233. The summed E-state index contributed by atoms with van der Waals surface area (Å²) < 4.78 is 0. The zero-order valence-corrected chi connectivity index (χ0v) is 17.6. The van der Waals surface area contributed by atoms with Crippen molar-refractivity contribution in [3.8, 4) is 0 Å². The molecule has 0 aliphatic heterocycles. The van der Waals surface area contributed by atoms with Gasteiger partial charge in [-0.05, 0) is 23.3 Å². The third-order valence-electron chi connectivity index (χ3n) is 4.75. The Labute approximate surface area is 186 Å². The Morgan fingerprint density at radius 1 is 0.750 bits per heavy atom. The second kappa shape index (κ2) is 10.6. The zero-order valence-electron chi connectivity index (χ0n) is 17.6. The van der Waals surface area contributed by atoms with Gasteiger partial charge < -0.3 is 10.4 Å². The second-order valence-electron chi connectivity index (χ2n) is 7.09. The van der Waals surface area contributed by atoms with Gasteiger partial charge in [0.05, 0.1) is 5.69 Å². The van der Waals surface area contributed by atoms with E-state index in [1.807, 2.05) is 60.7 Å². The summed E-state index contributed by atoms with van der Waals surface area (Å²) in [5.74, 6) is -1.74. The van der Waals surface area contributed by atoms with Crippen molar-refractivity contribution in [2.24, 2.45) is 0 Å². The summed E-state index contributed by atoms with van der Waals surface area (Å²) in [5.41, 5.74) is 10.5. The Morgan fingerprint density at radius 3 is 1.59 bits per heavy atom. The van der Waals surface area contributed by atoms with Crippen molar-refractivity contribution in [3.63, 3.8) is 0 Å². The van der Waals surface area contributed by atoms with Crippen LogP contribution in [-0.2, 0) is 22.7 Å². The number of ketones is 1.